The molecule has 1 aromatic carbocycles. The van der Waals surface area contributed by atoms with Crippen LogP contribution in [0.15, 0.2) is 24.3 Å². The molecular weight excluding hydrogens is 264 g/mol. The van der Waals surface area contributed by atoms with E-state index in [1.54, 1.807) is 0 Å². The van der Waals surface area contributed by atoms with Crippen molar-refractivity contribution < 1.29 is 9.90 Å². The second-order valence-corrected chi connectivity index (χ2v) is 5.84. The molecule has 4 heteroatoms. The molecule has 21 heavy (non-hydrogen) atoms. The Bertz CT molecular complexity index is 542. The SMILES string of the molecule is Cc1ccccc1C(O)CNC(=O)C1(C#N)CCCCC1. The van der Waals surface area contributed by atoms with E-state index in [2.05, 4.69) is 11.4 Å². The zero-order chi connectivity index (χ0) is 15.3. The molecule has 1 saturated carbocycles. The minimum atomic E-state index is -0.899. The Kier molecular flexibility index (Phi) is 4.98. The number of carbonyl (C=O) groups excluding carboxylic acids is 1. The van der Waals surface area contributed by atoms with Crippen molar-refractivity contribution in [1.29, 1.82) is 5.26 Å². The van der Waals surface area contributed by atoms with Crippen molar-refractivity contribution in [3.05, 3.63) is 35.4 Å². The lowest BCUT2D eigenvalue weighted by atomic mass is 9.74. The Balaban J connectivity index is 1.97. The van der Waals surface area contributed by atoms with Crippen LogP contribution in [0.4, 0.5) is 0 Å². The lowest BCUT2D eigenvalue weighted by Crippen LogP contribution is -2.42. The predicted molar refractivity (Wildman–Crippen MR) is 80.3 cm³/mol. The molecule has 0 radical (unpaired) electrons. The van der Waals surface area contributed by atoms with Crippen molar-refractivity contribution in [3.8, 4) is 6.07 Å². The summed E-state index contributed by atoms with van der Waals surface area (Å²) in [4.78, 5) is 12.3. The van der Waals surface area contributed by atoms with Crippen LogP contribution in [0.2, 0.25) is 0 Å². The number of hydrogen-bond acceptors (Lipinski definition) is 3. The van der Waals surface area contributed by atoms with Gasteiger partial charge >= 0.3 is 0 Å². The van der Waals surface area contributed by atoms with Gasteiger partial charge in [0.25, 0.3) is 0 Å². The number of benzene rings is 1. The van der Waals surface area contributed by atoms with Crippen LogP contribution in [0.5, 0.6) is 0 Å². The topological polar surface area (TPSA) is 73.1 Å². The first kappa shape index (κ1) is 15.5. The van der Waals surface area contributed by atoms with E-state index in [-0.39, 0.29) is 12.5 Å². The van der Waals surface area contributed by atoms with Gasteiger partial charge in [-0.15, -0.1) is 0 Å². The summed E-state index contributed by atoms with van der Waals surface area (Å²) in [5.74, 6) is -0.239. The van der Waals surface area contributed by atoms with Crippen LogP contribution in [0.25, 0.3) is 0 Å². The molecule has 4 nitrogen and oxygen atoms in total. The van der Waals surface area contributed by atoms with Gasteiger partial charge in [0.1, 0.15) is 5.41 Å². The van der Waals surface area contributed by atoms with E-state index in [0.717, 1.165) is 30.4 Å². The molecule has 1 aromatic rings. The molecular formula is C17H22N2O2. The molecule has 0 saturated heterocycles. The van der Waals surface area contributed by atoms with Crippen LogP contribution in [0, 0.1) is 23.7 Å². The summed E-state index contributed by atoms with van der Waals surface area (Å²) in [5.41, 5.74) is 0.906. The third-order valence-electron chi connectivity index (χ3n) is 4.36. The van der Waals surface area contributed by atoms with Crippen molar-refractivity contribution in [2.24, 2.45) is 5.41 Å². The molecule has 1 fully saturated rings. The van der Waals surface area contributed by atoms with Gasteiger partial charge in [0.2, 0.25) is 5.91 Å². The van der Waals surface area contributed by atoms with Gasteiger partial charge in [-0.05, 0) is 30.9 Å². The summed E-state index contributed by atoms with van der Waals surface area (Å²) >= 11 is 0. The maximum Gasteiger partial charge on any atom is 0.240 e. The van der Waals surface area contributed by atoms with E-state index in [4.69, 9.17) is 0 Å². The number of aliphatic hydroxyl groups is 1. The average Bonchev–Trinajstić information content (AvgIpc) is 2.53. The fourth-order valence-electron chi connectivity index (χ4n) is 2.97. The minimum absolute atomic E-state index is 0.146. The van der Waals surface area contributed by atoms with Gasteiger partial charge in [-0.2, -0.15) is 5.26 Å². The lowest BCUT2D eigenvalue weighted by molar-refractivity contribution is -0.130. The van der Waals surface area contributed by atoms with E-state index >= 15 is 0 Å². The summed E-state index contributed by atoms with van der Waals surface area (Å²) in [7, 11) is 0. The van der Waals surface area contributed by atoms with Crippen molar-refractivity contribution in [2.45, 2.75) is 45.1 Å². The highest BCUT2D eigenvalue weighted by molar-refractivity contribution is 5.85. The van der Waals surface area contributed by atoms with Crippen molar-refractivity contribution in [1.82, 2.24) is 5.32 Å². The molecule has 0 spiro atoms. The highest BCUT2D eigenvalue weighted by Gasteiger charge is 2.39. The Morgan fingerprint density at radius 2 is 2.05 bits per heavy atom. The molecule has 1 unspecified atom stereocenters. The van der Waals surface area contributed by atoms with Crippen LogP contribution in [0.3, 0.4) is 0 Å². The van der Waals surface area contributed by atoms with Crippen LogP contribution in [-0.4, -0.2) is 17.6 Å². The van der Waals surface area contributed by atoms with Crippen molar-refractivity contribution in [2.75, 3.05) is 6.54 Å². The summed E-state index contributed by atoms with van der Waals surface area (Å²) in [6.45, 7) is 2.07. The first-order valence-electron chi connectivity index (χ1n) is 7.52. The lowest BCUT2D eigenvalue weighted by Gasteiger charge is -2.29. The van der Waals surface area contributed by atoms with E-state index in [1.807, 2.05) is 31.2 Å². The van der Waals surface area contributed by atoms with Crippen molar-refractivity contribution >= 4 is 5.91 Å². The highest BCUT2D eigenvalue weighted by Crippen LogP contribution is 2.35. The van der Waals surface area contributed by atoms with Gasteiger partial charge in [0.05, 0.1) is 12.2 Å². The monoisotopic (exact) mass is 286 g/mol. The Hall–Kier alpha value is -1.86. The van der Waals surface area contributed by atoms with Crippen LogP contribution < -0.4 is 5.32 Å². The molecule has 1 aliphatic carbocycles. The number of aryl methyl sites for hydroxylation is 1. The number of carbonyl (C=O) groups is 1. The fourth-order valence-corrected chi connectivity index (χ4v) is 2.97. The third kappa shape index (κ3) is 3.43. The molecule has 1 atom stereocenters. The second-order valence-electron chi connectivity index (χ2n) is 5.84. The van der Waals surface area contributed by atoms with Gasteiger partial charge in [-0.1, -0.05) is 43.5 Å². The first-order chi connectivity index (χ1) is 10.1. The smallest absolute Gasteiger partial charge is 0.240 e. The average molecular weight is 286 g/mol. The maximum atomic E-state index is 12.3. The molecule has 2 rings (SSSR count). The number of nitriles is 1. The number of aliphatic hydroxyl groups excluding tert-OH is 1. The molecule has 2 N–H and O–H groups in total. The van der Waals surface area contributed by atoms with Crippen LogP contribution in [0.1, 0.15) is 49.3 Å². The van der Waals surface area contributed by atoms with Gasteiger partial charge in [0.15, 0.2) is 0 Å². The van der Waals surface area contributed by atoms with E-state index in [1.165, 1.54) is 0 Å². The Labute approximate surface area is 125 Å². The third-order valence-corrected chi connectivity index (χ3v) is 4.36. The molecule has 0 bridgehead atoms. The molecule has 1 amide bonds. The van der Waals surface area contributed by atoms with E-state index in [0.29, 0.717) is 12.8 Å². The van der Waals surface area contributed by atoms with Gasteiger partial charge in [0, 0.05) is 6.54 Å². The van der Waals surface area contributed by atoms with E-state index in [9.17, 15) is 15.2 Å². The summed E-state index contributed by atoms with van der Waals surface area (Å²) in [5, 5.41) is 22.3. The second kappa shape index (κ2) is 6.73. The van der Waals surface area contributed by atoms with Gasteiger partial charge < -0.3 is 10.4 Å². The number of amides is 1. The van der Waals surface area contributed by atoms with Crippen molar-refractivity contribution in [3.63, 3.8) is 0 Å². The van der Waals surface area contributed by atoms with Crippen LogP contribution in [-0.2, 0) is 4.79 Å². The number of rotatable bonds is 4. The van der Waals surface area contributed by atoms with Crippen LogP contribution >= 0.6 is 0 Å². The summed E-state index contributed by atoms with van der Waals surface area (Å²) in [6.07, 6.45) is 3.42. The number of hydrogen-bond donors (Lipinski definition) is 2. The minimum Gasteiger partial charge on any atom is -0.387 e. The van der Waals surface area contributed by atoms with Gasteiger partial charge in [-0.25, -0.2) is 0 Å². The van der Waals surface area contributed by atoms with E-state index < -0.39 is 11.5 Å². The summed E-state index contributed by atoms with van der Waals surface area (Å²) < 4.78 is 0. The number of nitrogens with one attached hydrogen (secondary N) is 1. The zero-order valence-electron chi connectivity index (χ0n) is 12.4. The number of nitrogens with zero attached hydrogens (tertiary/aromatic N) is 1. The maximum absolute atomic E-state index is 12.3. The quantitative estimate of drug-likeness (QED) is 0.893. The molecule has 0 heterocycles. The largest absolute Gasteiger partial charge is 0.387 e. The molecule has 0 aromatic heterocycles. The normalized spacial score (nSPS) is 18.5. The zero-order valence-corrected chi connectivity index (χ0v) is 12.4. The highest BCUT2D eigenvalue weighted by atomic mass is 16.3. The summed E-state index contributed by atoms with van der Waals surface area (Å²) in [6, 6.07) is 9.76. The fraction of sp³-hybridized carbons (Fsp3) is 0.529. The van der Waals surface area contributed by atoms with Gasteiger partial charge in [-0.3, -0.25) is 4.79 Å². The Morgan fingerprint density at radius 1 is 1.38 bits per heavy atom. The first-order valence-corrected chi connectivity index (χ1v) is 7.52. The predicted octanol–water partition coefficient (Wildman–Crippen LogP) is 2.62. The molecule has 112 valence electrons. The Morgan fingerprint density at radius 3 is 2.67 bits per heavy atom. The molecule has 1 aliphatic rings. The molecule has 0 aliphatic heterocycles. The standard InChI is InChI=1S/C17H22N2O2/c1-13-7-3-4-8-14(13)15(20)11-19-16(21)17(12-18)9-5-2-6-10-17/h3-4,7-8,15,20H,2,5-6,9-11H2,1H3,(H,19,21).